The number of aryl methyl sites for hydroxylation is 1. The summed E-state index contributed by atoms with van der Waals surface area (Å²) in [6.07, 6.45) is 5.54. The molecule has 0 atom stereocenters. The quantitative estimate of drug-likeness (QED) is 0.446. The Kier molecular flexibility index (Phi) is 6.57. The van der Waals surface area contributed by atoms with Gasteiger partial charge in [0.05, 0.1) is 0 Å². The van der Waals surface area contributed by atoms with Crippen molar-refractivity contribution >= 4 is 23.5 Å². The third kappa shape index (κ3) is 4.75. The predicted molar refractivity (Wildman–Crippen MR) is 117 cm³/mol. The van der Waals surface area contributed by atoms with Crippen molar-refractivity contribution in [2.75, 3.05) is 44.7 Å². The predicted octanol–water partition coefficient (Wildman–Crippen LogP) is -0.817. The zero-order valence-corrected chi connectivity index (χ0v) is 18.5. The molecule has 2 saturated heterocycles. The molecule has 2 aliphatic heterocycles. The number of quaternary nitrogens is 2. The molecule has 4 amide bonds. The molecule has 3 fully saturated rings. The van der Waals surface area contributed by atoms with Gasteiger partial charge in [-0.3, -0.25) is 9.59 Å². The summed E-state index contributed by atoms with van der Waals surface area (Å²) >= 11 is 0. The van der Waals surface area contributed by atoms with Crippen LogP contribution in [0.2, 0.25) is 0 Å². The van der Waals surface area contributed by atoms with Crippen LogP contribution in [0.5, 0.6) is 0 Å². The first-order valence-corrected chi connectivity index (χ1v) is 11.7. The summed E-state index contributed by atoms with van der Waals surface area (Å²) in [4.78, 5) is 41.9. The summed E-state index contributed by atoms with van der Waals surface area (Å²) < 4.78 is 0. The van der Waals surface area contributed by atoms with Crippen LogP contribution in [-0.2, 0) is 16.0 Å². The topological polar surface area (TPSA) is 87.4 Å². The van der Waals surface area contributed by atoms with Crippen molar-refractivity contribution in [3.05, 3.63) is 29.8 Å². The molecule has 0 unspecified atom stereocenters. The first-order chi connectivity index (χ1) is 15.0. The Morgan fingerprint density at radius 1 is 1.06 bits per heavy atom. The van der Waals surface area contributed by atoms with Gasteiger partial charge in [-0.1, -0.05) is 44.4 Å². The fourth-order valence-corrected chi connectivity index (χ4v) is 5.20. The van der Waals surface area contributed by atoms with Crippen LogP contribution in [0.25, 0.3) is 0 Å². The molecule has 31 heavy (non-hydrogen) atoms. The summed E-state index contributed by atoms with van der Waals surface area (Å²) in [5.41, 5.74) is 1.40. The van der Waals surface area contributed by atoms with Crippen molar-refractivity contribution in [3.63, 3.8) is 0 Å². The minimum Gasteiger partial charge on any atom is -0.323 e. The Balaban J connectivity index is 1.25. The number of rotatable bonds is 6. The monoisotopic (exact) mass is 429 g/mol. The molecule has 4 rings (SSSR count). The SMILES string of the molecule is CCc1ccccc1NC(=O)C[NH+]1CC[NH+](CN2C(=O)NC3(CCCCC3)C2=O)CC1. The molecule has 3 aliphatic rings. The Morgan fingerprint density at radius 3 is 2.45 bits per heavy atom. The molecule has 1 spiro atoms. The number of amides is 4. The molecule has 2 heterocycles. The van der Waals surface area contributed by atoms with Crippen LogP contribution in [-0.4, -0.2) is 67.7 Å². The maximum atomic E-state index is 13.0. The van der Waals surface area contributed by atoms with E-state index in [9.17, 15) is 14.4 Å². The maximum absolute atomic E-state index is 13.0. The number of piperazine rings is 1. The van der Waals surface area contributed by atoms with Gasteiger partial charge in [-0.25, -0.2) is 9.69 Å². The van der Waals surface area contributed by atoms with Crippen molar-refractivity contribution in [1.29, 1.82) is 0 Å². The largest absolute Gasteiger partial charge is 0.329 e. The van der Waals surface area contributed by atoms with Crippen LogP contribution in [0.1, 0.15) is 44.6 Å². The molecule has 0 radical (unpaired) electrons. The van der Waals surface area contributed by atoms with Crippen LogP contribution in [0.4, 0.5) is 10.5 Å². The molecule has 1 aromatic carbocycles. The number of nitrogens with zero attached hydrogens (tertiary/aromatic N) is 1. The summed E-state index contributed by atoms with van der Waals surface area (Å²) in [6.45, 7) is 6.35. The van der Waals surface area contributed by atoms with Crippen LogP contribution < -0.4 is 20.4 Å². The lowest BCUT2D eigenvalue weighted by atomic mass is 9.82. The van der Waals surface area contributed by atoms with E-state index in [1.54, 1.807) is 0 Å². The second-order valence-electron chi connectivity index (χ2n) is 9.20. The van der Waals surface area contributed by atoms with Crippen LogP contribution in [0, 0.1) is 0 Å². The van der Waals surface area contributed by atoms with Gasteiger partial charge in [0, 0.05) is 5.69 Å². The number of urea groups is 1. The summed E-state index contributed by atoms with van der Waals surface area (Å²) in [5, 5.41) is 6.04. The van der Waals surface area contributed by atoms with Gasteiger partial charge < -0.3 is 20.4 Å². The first kappa shape index (κ1) is 21.8. The van der Waals surface area contributed by atoms with E-state index in [4.69, 9.17) is 0 Å². The highest BCUT2D eigenvalue weighted by atomic mass is 16.2. The molecule has 4 N–H and O–H groups in total. The van der Waals surface area contributed by atoms with E-state index in [0.717, 1.165) is 76.0 Å². The lowest BCUT2D eigenvalue weighted by Gasteiger charge is -2.32. The van der Waals surface area contributed by atoms with E-state index in [1.165, 1.54) is 14.7 Å². The minimum atomic E-state index is -0.644. The van der Waals surface area contributed by atoms with Crippen molar-refractivity contribution in [1.82, 2.24) is 10.2 Å². The van der Waals surface area contributed by atoms with Crippen molar-refractivity contribution in [3.8, 4) is 0 Å². The highest BCUT2D eigenvalue weighted by Crippen LogP contribution is 2.33. The summed E-state index contributed by atoms with van der Waals surface area (Å²) in [5.74, 6) is 0.00105. The number of nitrogens with one attached hydrogen (secondary N) is 4. The van der Waals surface area contributed by atoms with Gasteiger partial charge in [0.15, 0.2) is 13.2 Å². The van der Waals surface area contributed by atoms with E-state index in [2.05, 4.69) is 17.6 Å². The molecule has 1 aromatic rings. The van der Waals surface area contributed by atoms with Gasteiger partial charge >= 0.3 is 6.03 Å². The molecule has 168 valence electrons. The Bertz CT molecular complexity index is 828. The van der Waals surface area contributed by atoms with Gasteiger partial charge in [0.25, 0.3) is 11.8 Å². The van der Waals surface area contributed by atoms with Gasteiger partial charge in [-0.05, 0) is 30.9 Å². The lowest BCUT2D eigenvalue weighted by molar-refractivity contribution is -1.01. The van der Waals surface area contributed by atoms with Crippen LogP contribution in [0.15, 0.2) is 24.3 Å². The molecular formula is C23H35N5O3+2. The van der Waals surface area contributed by atoms with E-state index < -0.39 is 5.54 Å². The number of imide groups is 1. The third-order valence-electron chi connectivity index (χ3n) is 7.08. The van der Waals surface area contributed by atoms with E-state index in [0.29, 0.717) is 13.2 Å². The van der Waals surface area contributed by atoms with Gasteiger partial charge in [0.1, 0.15) is 31.7 Å². The Labute approximate surface area is 183 Å². The number of carbonyl (C=O) groups excluding carboxylic acids is 3. The first-order valence-electron chi connectivity index (χ1n) is 11.7. The number of hydrogen-bond donors (Lipinski definition) is 4. The number of para-hydroxylation sites is 1. The molecule has 8 heteroatoms. The summed E-state index contributed by atoms with van der Waals surface area (Å²) in [7, 11) is 0. The number of benzene rings is 1. The summed E-state index contributed by atoms with van der Waals surface area (Å²) in [6, 6.07) is 7.69. The zero-order valence-electron chi connectivity index (χ0n) is 18.5. The van der Waals surface area contributed by atoms with Crippen LogP contribution >= 0.6 is 0 Å². The average molecular weight is 430 g/mol. The second-order valence-corrected chi connectivity index (χ2v) is 9.20. The van der Waals surface area contributed by atoms with Gasteiger partial charge in [-0.2, -0.15) is 0 Å². The molecule has 1 aliphatic carbocycles. The van der Waals surface area contributed by atoms with E-state index >= 15 is 0 Å². The number of hydrogen-bond acceptors (Lipinski definition) is 3. The molecular weight excluding hydrogens is 394 g/mol. The normalized spacial score (nSPS) is 25.5. The minimum absolute atomic E-state index is 0.0338. The Hall–Kier alpha value is -2.45. The average Bonchev–Trinajstić information content (AvgIpc) is 2.99. The lowest BCUT2D eigenvalue weighted by Crippen LogP contribution is -3.29. The van der Waals surface area contributed by atoms with Gasteiger partial charge in [-0.15, -0.1) is 0 Å². The van der Waals surface area contributed by atoms with E-state index in [1.807, 2.05) is 24.3 Å². The fraction of sp³-hybridized carbons (Fsp3) is 0.609. The molecule has 0 bridgehead atoms. The van der Waals surface area contributed by atoms with Gasteiger partial charge in [0.2, 0.25) is 0 Å². The maximum Gasteiger partial charge on any atom is 0.329 e. The highest BCUT2D eigenvalue weighted by molar-refractivity contribution is 6.06. The molecule has 8 nitrogen and oxygen atoms in total. The zero-order chi connectivity index (χ0) is 21.8. The van der Waals surface area contributed by atoms with Crippen molar-refractivity contribution in [2.24, 2.45) is 0 Å². The number of anilines is 1. The fourth-order valence-electron chi connectivity index (χ4n) is 5.20. The van der Waals surface area contributed by atoms with Crippen molar-refractivity contribution < 1.29 is 24.2 Å². The number of carbonyl (C=O) groups is 3. The van der Waals surface area contributed by atoms with E-state index in [-0.39, 0.29) is 17.8 Å². The van der Waals surface area contributed by atoms with Crippen molar-refractivity contribution in [2.45, 2.75) is 51.0 Å². The smallest absolute Gasteiger partial charge is 0.323 e. The standard InChI is InChI=1S/C23H33N5O3/c1-2-18-8-4-5-9-19(18)24-20(29)16-26-12-14-27(15-13-26)17-28-21(30)23(25-22(28)31)10-6-3-7-11-23/h4-5,8-9H,2-3,6-7,10-17H2,1H3,(H,24,29)(H,25,31)/p+2. The third-order valence-corrected chi connectivity index (χ3v) is 7.08. The molecule has 1 saturated carbocycles. The highest BCUT2D eigenvalue weighted by Gasteiger charge is 2.52. The van der Waals surface area contributed by atoms with Crippen LogP contribution in [0.3, 0.4) is 0 Å². The Morgan fingerprint density at radius 2 is 1.74 bits per heavy atom. The second kappa shape index (κ2) is 9.36. The molecule has 0 aromatic heterocycles.